The number of nitrogens with zero attached hydrogens (tertiary/aromatic N) is 2. The Hall–Kier alpha value is -2.04. The van der Waals surface area contributed by atoms with Crippen LogP contribution in [-0.4, -0.2) is 29.9 Å². The molecule has 0 radical (unpaired) electrons. The lowest BCUT2D eigenvalue weighted by Crippen LogP contribution is -2.32. The fourth-order valence-corrected chi connectivity index (χ4v) is 2.85. The fourth-order valence-electron chi connectivity index (χ4n) is 2.85. The van der Waals surface area contributed by atoms with Crippen molar-refractivity contribution in [3.8, 4) is 0 Å². The first-order valence-electron chi connectivity index (χ1n) is 7.37. The Bertz CT molecular complexity index is 561. The summed E-state index contributed by atoms with van der Waals surface area (Å²) in [6.45, 7) is 7.56. The molecule has 1 aromatic carbocycles. The zero-order chi connectivity index (χ0) is 15.6. The third kappa shape index (κ3) is 3.35. The van der Waals surface area contributed by atoms with E-state index in [4.69, 9.17) is 11.5 Å². The highest BCUT2D eigenvalue weighted by molar-refractivity contribution is 5.99. The van der Waals surface area contributed by atoms with E-state index in [1.54, 1.807) is 0 Å². The highest BCUT2D eigenvalue weighted by Gasteiger charge is 2.36. The van der Waals surface area contributed by atoms with Crippen LogP contribution in [0.2, 0.25) is 0 Å². The Morgan fingerprint density at radius 1 is 1.38 bits per heavy atom. The van der Waals surface area contributed by atoms with E-state index in [1.807, 2.05) is 24.0 Å². The summed E-state index contributed by atoms with van der Waals surface area (Å²) in [6.07, 6.45) is 0.743. The fraction of sp³-hybridized carbons (Fsp3) is 0.500. The highest BCUT2D eigenvalue weighted by atomic mass is 16.2. The van der Waals surface area contributed by atoms with E-state index >= 15 is 0 Å². The summed E-state index contributed by atoms with van der Waals surface area (Å²) in [5, 5.41) is 0. The van der Waals surface area contributed by atoms with Crippen LogP contribution in [-0.2, 0) is 0 Å². The third-order valence-electron chi connectivity index (χ3n) is 3.69. The van der Waals surface area contributed by atoms with Crippen LogP contribution in [0.25, 0.3) is 0 Å². The second-order valence-electron chi connectivity index (χ2n) is 6.05. The maximum atomic E-state index is 12.6. The Morgan fingerprint density at radius 3 is 2.71 bits per heavy atom. The lowest BCUT2D eigenvalue weighted by atomic mass is 9.99. The monoisotopic (exact) mass is 288 g/mol. The lowest BCUT2D eigenvalue weighted by molar-refractivity contribution is 0.0695. The van der Waals surface area contributed by atoms with Crippen molar-refractivity contribution in [3.05, 3.63) is 34.9 Å². The minimum Gasteiger partial charge on any atom is -0.370 e. The van der Waals surface area contributed by atoms with Crippen molar-refractivity contribution in [1.82, 2.24) is 4.90 Å². The summed E-state index contributed by atoms with van der Waals surface area (Å²) in [6, 6.07) is 6.09. The van der Waals surface area contributed by atoms with Gasteiger partial charge in [-0.25, -0.2) is 0 Å². The van der Waals surface area contributed by atoms with Crippen LogP contribution in [0.1, 0.15) is 47.8 Å². The molecule has 2 rings (SSSR count). The molecular formula is C16H24N4O. The summed E-state index contributed by atoms with van der Waals surface area (Å²) >= 11 is 0. The molecule has 1 amide bonds. The predicted molar refractivity (Wildman–Crippen MR) is 85.1 cm³/mol. The number of aryl methyl sites for hydroxylation is 1. The van der Waals surface area contributed by atoms with Crippen molar-refractivity contribution < 1.29 is 4.79 Å². The first-order chi connectivity index (χ1) is 9.90. The van der Waals surface area contributed by atoms with Crippen LogP contribution in [0.3, 0.4) is 0 Å². The largest absolute Gasteiger partial charge is 0.370 e. The molecule has 1 aliphatic rings. The van der Waals surface area contributed by atoms with Crippen LogP contribution >= 0.6 is 0 Å². The highest BCUT2D eigenvalue weighted by Crippen LogP contribution is 2.36. The second kappa shape index (κ2) is 6.16. The first kappa shape index (κ1) is 15.4. The van der Waals surface area contributed by atoms with Gasteiger partial charge in [0.2, 0.25) is 0 Å². The summed E-state index contributed by atoms with van der Waals surface area (Å²) < 4.78 is 0. The molecule has 4 N–H and O–H groups in total. The van der Waals surface area contributed by atoms with Crippen LogP contribution in [0, 0.1) is 12.8 Å². The summed E-state index contributed by atoms with van der Waals surface area (Å²) in [5.41, 5.74) is 13.9. The van der Waals surface area contributed by atoms with Crippen LogP contribution in [0.4, 0.5) is 0 Å². The standard InChI is InChI=1S/C16H24N4O/c1-10(2)9-20-14(6-7-19-16(17)18)13-8-11(3)4-5-12(13)15(20)21/h4-5,8,10,14H,6-7,9H2,1-3H3,(H4,17,18,19). The molecule has 1 unspecified atom stereocenters. The van der Waals surface area contributed by atoms with Gasteiger partial charge in [0.25, 0.3) is 5.91 Å². The molecule has 0 aliphatic carbocycles. The van der Waals surface area contributed by atoms with Gasteiger partial charge in [-0.1, -0.05) is 31.5 Å². The van der Waals surface area contributed by atoms with Gasteiger partial charge in [0.15, 0.2) is 5.96 Å². The normalized spacial score (nSPS) is 17.2. The van der Waals surface area contributed by atoms with E-state index in [-0.39, 0.29) is 17.9 Å². The average Bonchev–Trinajstić information content (AvgIpc) is 2.63. The minimum absolute atomic E-state index is 0.0675. The molecule has 1 heterocycles. The zero-order valence-electron chi connectivity index (χ0n) is 13.0. The van der Waals surface area contributed by atoms with Gasteiger partial charge in [0, 0.05) is 18.7 Å². The lowest BCUT2D eigenvalue weighted by Gasteiger charge is -2.26. The number of guanidine groups is 1. The SMILES string of the molecule is Cc1ccc2c(c1)C(CCN=C(N)N)N(CC(C)C)C2=O. The number of carbonyl (C=O) groups is 1. The number of carbonyl (C=O) groups excluding carboxylic acids is 1. The van der Waals surface area contributed by atoms with Gasteiger partial charge in [-0.15, -0.1) is 0 Å². The van der Waals surface area contributed by atoms with Gasteiger partial charge >= 0.3 is 0 Å². The van der Waals surface area contributed by atoms with Gasteiger partial charge in [0.05, 0.1) is 6.04 Å². The van der Waals surface area contributed by atoms with E-state index in [9.17, 15) is 4.79 Å². The number of nitrogens with two attached hydrogens (primary N) is 2. The number of benzene rings is 1. The molecule has 5 nitrogen and oxygen atoms in total. The Labute approximate surface area is 126 Å². The van der Waals surface area contributed by atoms with E-state index in [0.717, 1.165) is 24.1 Å². The smallest absolute Gasteiger partial charge is 0.254 e. The molecule has 5 heteroatoms. The molecule has 1 aromatic rings. The average molecular weight is 288 g/mol. The molecule has 1 aliphatic heterocycles. The maximum absolute atomic E-state index is 12.6. The van der Waals surface area contributed by atoms with Gasteiger partial charge in [-0.05, 0) is 30.9 Å². The van der Waals surface area contributed by atoms with Gasteiger partial charge < -0.3 is 16.4 Å². The number of hydrogen-bond acceptors (Lipinski definition) is 2. The molecule has 0 bridgehead atoms. The molecule has 0 fully saturated rings. The van der Waals surface area contributed by atoms with Crippen molar-refractivity contribution in [2.24, 2.45) is 22.4 Å². The molecule has 1 atom stereocenters. The van der Waals surface area contributed by atoms with Crippen molar-refractivity contribution in [1.29, 1.82) is 0 Å². The van der Waals surface area contributed by atoms with Crippen molar-refractivity contribution in [2.45, 2.75) is 33.2 Å². The van der Waals surface area contributed by atoms with E-state index < -0.39 is 0 Å². The van der Waals surface area contributed by atoms with Gasteiger partial charge in [0.1, 0.15) is 0 Å². The van der Waals surface area contributed by atoms with Gasteiger partial charge in [-0.2, -0.15) is 0 Å². The molecule has 0 aromatic heterocycles. The molecule has 0 spiro atoms. The quantitative estimate of drug-likeness (QED) is 0.640. The van der Waals surface area contributed by atoms with Crippen LogP contribution in [0.5, 0.6) is 0 Å². The Kier molecular flexibility index (Phi) is 4.50. The van der Waals surface area contributed by atoms with Crippen molar-refractivity contribution >= 4 is 11.9 Å². The van der Waals surface area contributed by atoms with Gasteiger partial charge in [-0.3, -0.25) is 9.79 Å². The number of fused-ring (bicyclic) bond motifs is 1. The molecule has 21 heavy (non-hydrogen) atoms. The topological polar surface area (TPSA) is 84.7 Å². The molecule has 0 saturated heterocycles. The van der Waals surface area contributed by atoms with E-state index in [2.05, 4.69) is 24.9 Å². The number of hydrogen-bond donors (Lipinski definition) is 2. The summed E-state index contributed by atoms with van der Waals surface area (Å²) in [5.74, 6) is 0.641. The molecular weight excluding hydrogens is 264 g/mol. The Morgan fingerprint density at radius 2 is 2.10 bits per heavy atom. The molecule has 114 valence electrons. The number of amides is 1. The van der Waals surface area contributed by atoms with E-state index in [1.165, 1.54) is 5.56 Å². The maximum Gasteiger partial charge on any atom is 0.254 e. The van der Waals surface area contributed by atoms with E-state index in [0.29, 0.717) is 12.5 Å². The summed E-state index contributed by atoms with van der Waals surface area (Å²) in [7, 11) is 0. The van der Waals surface area contributed by atoms with Crippen LogP contribution < -0.4 is 11.5 Å². The van der Waals surface area contributed by atoms with Crippen LogP contribution in [0.15, 0.2) is 23.2 Å². The predicted octanol–water partition coefficient (Wildman–Crippen LogP) is 1.81. The number of aliphatic imine (C=N–C) groups is 1. The minimum atomic E-state index is 0.0675. The number of rotatable bonds is 5. The van der Waals surface area contributed by atoms with Crippen molar-refractivity contribution in [3.63, 3.8) is 0 Å². The second-order valence-corrected chi connectivity index (χ2v) is 6.05. The summed E-state index contributed by atoms with van der Waals surface area (Å²) in [4.78, 5) is 18.6. The third-order valence-corrected chi connectivity index (χ3v) is 3.69. The van der Waals surface area contributed by atoms with Crippen molar-refractivity contribution in [2.75, 3.05) is 13.1 Å². The Balaban J connectivity index is 2.29. The zero-order valence-corrected chi connectivity index (χ0v) is 13.0. The first-order valence-corrected chi connectivity index (χ1v) is 7.37. The molecule has 0 saturated carbocycles.